The molecular formula is C20H24ClN3O2. The third kappa shape index (κ3) is 3.93. The first-order chi connectivity index (χ1) is 12.6. The monoisotopic (exact) mass is 373 g/mol. The van der Waals surface area contributed by atoms with Crippen LogP contribution < -0.4 is 5.32 Å². The zero-order chi connectivity index (χ0) is 18.5. The number of nitrogens with zero attached hydrogens (tertiary/aromatic N) is 2. The maximum absolute atomic E-state index is 12.9. The number of aromatic nitrogens is 1. The Morgan fingerprint density at radius 3 is 2.73 bits per heavy atom. The molecule has 0 radical (unpaired) electrons. The number of carbonyl (C=O) groups is 2. The van der Waals surface area contributed by atoms with Crippen molar-refractivity contribution in [3.05, 3.63) is 58.9 Å². The maximum Gasteiger partial charge on any atom is 0.223 e. The van der Waals surface area contributed by atoms with Gasteiger partial charge in [-0.25, -0.2) is 0 Å². The summed E-state index contributed by atoms with van der Waals surface area (Å²) in [5, 5.41) is 3.46. The van der Waals surface area contributed by atoms with Crippen LogP contribution in [0.5, 0.6) is 0 Å². The molecule has 1 aromatic heterocycles. The third-order valence-electron chi connectivity index (χ3n) is 4.70. The Labute approximate surface area is 158 Å². The van der Waals surface area contributed by atoms with Crippen molar-refractivity contribution in [3.63, 3.8) is 0 Å². The van der Waals surface area contributed by atoms with E-state index in [0.29, 0.717) is 18.1 Å². The highest BCUT2D eigenvalue weighted by Gasteiger charge is 2.33. The number of carbonyl (C=O) groups excluding carboxylic acids is 2. The number of amides is 2. The second kappa shape index (κ2) is 8.41. The van der Waals surface area contributed by atoms with Gasteiger partial charge in [0.1, 0.15) is 0 Å². The molecule has 1 aromatic carbocycles. The van der Waals surface area contributed by atoms with Crippen LogP contribution in [-0.2, 0) is 16.1 Å². The molecule has 0 aliphatic carbocycles. The van der Waals surface area contributed by atoms with Gasteiger partial charge in [0.25, 0.3) is 0 Å². The molecule has 0 bridgehead atoms. The normalized spacial score (nSPS) is 16.2. The van der Waals surface area contributed by atoms with Crippen LogP contribution in [0.1, 0.15) is 43.5 Å². The molecule has 5 nitrogen and oxygen atoms in total. The molecule has 2 amide bonds. The smallest absolute Gasteiger partial charge is 0.223 e. The SMILES string of the molecule is CCCNC(=O)CCC(=O)N1CCn2cccc2[C@H]1c1ccccc1Cl. The summed E-state index contributed by atoms with van der Waals surface area (Å²) in [5.41, 5.74) is 1.96. The fraction of sp³-hybridized carbons (Fsp3) is 0.400. The van der Waals surface area contributed by atoms with E-state index >= 15 is 0 Å². The Morgan fingerprint density at radius 1 is 1.15 bits per heavy atom. The predicted molar refractivity (Wildman–Crippen MR) is 102 cm³/mol. The first-order valence-corrected chi connectivity index (χ1v) is 9.45. The molecule has 1 N–H and O–H groups in total. The van der Waals surface area contributed by atoms with Gasteiger partial charge < -0.3 is 14.8 Å². The number of nitrogens with one attached hydrogen (secondary N) is 1. The van der Waals surface area contributed by atoms with Crippen molar-refractivity contribution in [1.29, 1.82) is 0 Å². The maximum atomic E-state index is 12.9. The third-order valence-corrected chi connectivity index (χ3v) is 5.04. The number of hydrogen-bond acceptors (Lipinski definition) is 2. The molecule has 138 valence electrons. The average Bonchev–Trinajstić information content (AvgIpc) is 3.13. The van der Waals surface area contributed by atoms with Crippen molar-refractivity contribution in [1.82, 2.24) is 14.8 Å². The van der Waals surface area contributed by atoms with Crippen LogP contribution >= 0.6 is 11.6 Å². The first-order valence-electron chi connectivity index (χ1n) is 9.07. The van der Waals surface area contributed by atoms with Crippen molar-refractivity contribution in [2.75, 3.05) is 13.1 Å². The lowest BCUT2D eigenvalue weighted by Crippen LogP contribution is -2.42. The Bertz CT molecular complexity index is 787. The van der Waals surface area contributed by atoms with Gasteiger partial charge in [0.2, 0.25) is 11.8 Å². The van der Waals surface area contributed by atoms with Crippen LogP contribution in [0, 0.1) is 0 Å². The van der Waals surface area contributed by atoms with E-state index in [0.717, 1.165) is 24.2 Å². The number of halogens is 1. The molecule has 0 spiro atoms. The molecule has 0 fully saturated rings. The Balaban J connectivity index is 1.80. The van der Waals surface area contributed by atoms with E-state index in [4.69, 9.17) is 11.6 Å². The number of benzene rings is 1. The summed E-state index contributed by atoms with van der Waals surface area (Å²) in [6.45, 7) is 4.00. The van der Waals surface area contributed by atoms with Crippen LogP contribution in [0.4, 0.5) is 0 Å². The van der Waals surface area contributed by atoms with Crippen molar-refractivity contribution >= 4 is 23.4 Å². The predicted octanol–water partition coefficient (Wildman–Crippen LogP) is 3.38. The second-order valence-corrected chi connectivity index (χ2v) is 6.89. The van der Waals surface area contributed by atoms with E-state index in [1.807, 2.05) is 54.4 Å². The minimum Gasteiger partial charge on any atom is -0.356 e. The van der Waals surface area contributed by atoms with E-state index < -0.39 is 0 Å². The highest BCUT2D eigenvalue weighted by molar-refractivity contribution is 6.31. The zero-order valence-electron chi connectivity index (χ0n) is 15.0. The number of rotatable bonds is 6. The molecule has 2 aromatic rings. The largest absolute Gasteiger partial charge is 0.356 e. The highest BCUT2D eigenvalue weighted by Crippen LogP contribution is 2.36. The second-order valence-electron chi connectivity index (χ2n) is 6.49. The summed E-state index contributed by atoms with van der Waals surface area (Å²) in [7, 11) is 0. The molecule has 0 saturated carbocycles. The van der Waals surface area contributed by atoms with Crippen LogP contribution in [0.3, 0.4) is 0 Å². The molecule has 0 saturated heterocycles. The molecule has 1 aliphatic rings. The van der Waals surface area contributed by atoms with Crippen LogP contribution in [-0.4, -0.2) is 34.4 Å². The van der Waals surface area contributed by atoms with Gasteiger partial charge in [-0.15, -0.1) is 0 Å². The van der Waals surface area contributed by atoms with Gasteiger partial charge in [-0.3, -0.25) is 9.59 Å². The lowest BCUT2D eigenvalue weighted by molar-refractivity contribution is -0.136. The van der Waals surface area contributed by atoms with Gasteiger partial charge in [-0.1, -0.05) is 36.7 Å². The van der Waals surface area contributed by atoms with Crippen molar-refractivity contribution in [2.24, 2.45) is 0 Å². The highest BCUT2D eigenvalue weighted by atomic mass is 35.5. The van der Waals surface area contributed by atoms with Gasteiger partial charge in [0.15, 0.2) is 0 Å². The number of fused-ring (bicyclic) bond motifs is 1. The van der Waals surface area contributed by atoms with Gasteiger partial charge in [0.05, 0.1) is 6.04 Å². The minimum atomic E-state index is -0.223. The summed E-state index contributed by atoms with van der Waals surface area (Å²) in [6.07, 6.45) is 3.33. The zero-order valence-corrected chi connectivity index (χ0v) is 15.7. The Hall–Kier alpha value is -2.27. The molecule has 0 unspecified atom stereocenters. The first kappa shape index (κ1) is 18.5. The quantitative estimate of drug-likeness (QED) is 0.843. The van der Waals surface area contributed by atoms with Crippen LogP contribution in [0.25, 0.3) is 0 Å². The summed E-state index contributed by atoms with van der Waals surface area (Å²) in [4.78, 5) is 26.6. The van der Waals surface area contributed by atoms with Crippen molar-refractivity contribution in [2.45, 2.75) is 38.8 Å². The van der Waals surface area contributed by atoms with Crippen LogP contribution in [0.15, 0.2) is 42.6 Å². The lowest BCUT2D eigenvalue weighted by Gasteiger charge is -2.37. The molecule has 26 heavy (non-hydrogen) atoms. The molecule has 6 heteroatoms. The van der Waals surface area contributed by atoms with E-state index in [1.165, 1.54) is 0 Å². The van der Waals surface area contributed by atoms with Gasteiger partial charge in [-0.2, -0.15) is 0 Å². The Morgan fingerprint density at radius 2 is 1.96 bits per heavy atom. The summed E-state index contributed by atoms with van der Waals surface area (Å²) in [5.74, 6) is -0.0936. The Kier molecular flexibility index (Phi) is 5.99. The van der Waals surface area contributed by atoms with Gasteiger partial charge >= 0.3 is 0 Å². The lowest BCUT2D eigenvalue weighted by atomic mass is 9.99. The standard InChI is InChI=1S/C20H24ClN3O2/c1-2-11-22-18(25)9-10-19(26)24-14-13-23-12-5-8-17(23)20(24)15-6-3-4-7-16(15)21/h3-8,12,20H,2,9-11,13-14H2,1H3,(H,22,25)/t20-/m1/s1. The molecule has 1 atom stereocenters. The topological polar surface area (TPSA) is 54.3 Å². The van der Waals surface area contributed by atoms with E-state index in [9.17, 15) is 9.59 Å². The van der Waals surface area contributed by atoms with E-state index in [1.54, 1.807) is 0 Å². The van der Waals surface area contributed by atoms with Crippen molar-refractivity contribution in [3.8, 4) is 0 Å². The molecule has 1 aliphatic heterocycles. The molecular weight excluding hydrogens is 350 g/mol. The van der Waals surface area contributed by atoms with E-state index in [2.05, 4.69) is 9.88 Å². The molecule has 3 rings (SSSR count). The summed E-state index contributed by atoms with van der Waals surface area (Å²) < 4.78 is 2.16. The van der Waals surface area contributed by atoms with Gasteiger partial charge in [-0.05, 0) is 30.2 Å². The fourth-order valence-corrected chi connectivity index (χ4v) is 3.63. The van der Waals surface area contributed by atoms with Crippen LogP contribution in [0.2, 0.25) is 5.02 Å². The summed E-state index contributed by atoms with van der Waals surface area (Å²) >= 11 is 6.43. The summed E-state index contributed by atoms with van der Waals surface area (Å²) in [6, 6.07) is 11.4. The molecule has 2 heterocycles. The fourth-order valence-electron chi connectivity index (χ4n) is 3.39. The van der Waals surface area contributed by atoms with Gasteiger partial charge in [0, 0.05) is 49.4 Å². The number of hydrogen-bond donors (Lipinski definition) is 1. The van der Waals surface area contributed by atoms with Crippen molar-refractivity contribution < 1.29 is 9.59 Å². The minimum absolute atomic E-state index is 0.0194. The average molecular weight is 374 g/mol. The van der Waals surface area contributed by atoms with E-state index in [-0.39, 0.29) is 30.7 Å².